The topological polar surface area (TPSA) is 78.4 Å². The van der Waals surface area contributed by atoms with Crippen LogP contribution in [-0.2, 0) is 4.79 Å². The maximum absolute atomic E-state index is 11.9. The maximum Gasteiger partial charge on any atom is 0.315 e. The smallest absolute Gasteiger partial charge is 0.315 e. The zero-order chi connectivity index (χ0) is 14.0. The van der Waals surface area contributed by atoms with Crippen LogP contribution in [0.3, 0.4) is 0 Å². The molecule has 2 aliphatic carbocycles. The molecule has 2 rings (SSSR count). The van der Waals surface area contributed by atoms with Crippen molar-refractivity contribution in [1.29, 1.82) is 0 Å². The van der Waals surface area contributed by atoms with E-state index in [1.54, 1.807) is 6.92 Å². The van der Waals surface area contributed by atoms with E-state index >= 15 is 0 Å². The molecule has 2 amide bonds. The Hall–Kier alpha value is -1.26. The van der Waals surface area contributed by atoms with Crippen molar-refractivity contribution in [2.24, 2.45) is 11.3 Å². The third-order valence-corrected chi connectivity index (χ3v) is 4.97. The number of nitrogens with one attached hydrogen (secondary N) is 2. The Morgan fingerprint density at radius 3 is 2.47 bits per heavy atom. The third kappa shape index (κ3) is 2.85. The lowest BCUT2D eigenvalue weighted by molar-refractivity contribution is -0.148. The molecule has 2 fully saturated rings. The predicted octanol–water partition coefficient (Wildman–Crippen LogP) is 2.12. The van der Waals surface area contributed by atoms with Crippen LogP contribution in [0.4, 0.5) is 4.79 Å². The van der Waals surface area contributed by atoms with Crippen molar-refractivity contribution in [3.05, 3.63) is 0 Å². The molecule has 3 unspecified atom stereocenters. The van der Waals surface area contributed by atoms with Gasteiger partial charge in [-0.2, -0.15) is 0 Å². The number of aliphatic carboxylic acids is 1. The Kier molecular flexibility index (Phi) is 4.02. The van der Waals surface area contributed by atoms with Crippen molar-refractivity contribution in [3.8, 4) is 0 Å². The Morgan fingerprint density at radius 2 is 1.95 bits per heavy atom. The van der Waals surface area contributed by atoms with Crippen molar-refractivity contribution < 1.29 is 14.7 Å². The fourth-order valence-corrected chi connectivity index (χ4v) is 3.12. The van der Waals surface area contributed by atoms with E-state index in [1.165, 1.54) is 19.3 Å². The Bertz CT molecular complexity index is 368. The van der Waals surface area contributed by atoms with Crippen LogP contribution in [0.25, 0.3) is 0 Å². The molecule has 0 saturated heterocycles. The molecule has 0 heterocycles. The van der Waals surface area contributed by atoms with Crippen LogP contribution in [0, 0.1) is 11.3 Å². The number of rotatable bonds is 4. The molecule has 0 radical (unpaired) electrons. The van der Waals surface area contributed by atoms with Gasteiger partial charge in [-0.15, -0.1) is 0 Å². The lowest BCUT2D eigenvalue weighted by atomic mass is 9.80. The summed E-state index contributed by atoms with van der Waals surface area (Å²) in [6, 6.07) is -0.316. The fourth-order valence-electron chi connectivity index (χ4n) is 3.12. The molecule has 2 saturated carbocycles. The van der Waals surface area contributed by atoms with E-state index in [0.29, 0.717) is 12.3 Å². The first-order chi connectivity index (χ1) is 8.93. The highest BCUT2D eigenvalue weighted by molar-refractivity contribution is 5.79. The van der Waals surface area contributed by atoms with Gasteiger partial charge in [-0.05, 0) is 45.4 Å². The largest absolute Gasteiger partial charge is 0.481 e. The number of hydrogen-bond acceptors (Lipinski definition) is 2. The van der Waals surface area contributed by atoms with Gasteiger partial charge >= 0.3 is 12.0 Å². The zero-order valence-electron chi connectivity index (χ0n) is 11.7. The quantitative estimate of drug-likeness (QED) is 0.730. The monoisotopic (exact) mass is 268 g/mol. The summed E-state index contributed by atoms with van der Waals surface area (Å²) in [5.74, 6) is -0.234. The second-order valence-corrected chi connectivity index (χ2v) is 6.26. The fraction of sp³-hybridized carbons (Fsp3) is 0.857. The second-order valence-electron chi connectivity index (χ2n) is 6.26. The minimum Gasteiger partial charge on any atom is -0.481 e. The van der Waals surface area contributed by atoms with Crippen molar-refractivity contribution >= 4 is 12.0 Å². The van der Waals surface area contributed by atoms with Gasteiger partial charge in [-0.1, -0.05) is 12.8 Å². The van der Waals surface area contributed by atoms with Crippen LogP contribution in [-0.4, -0.2) is 29.2 Å². The Labute approximate surface area is 114 Å². The van der Waals surface area contributed by atoms with Crippen molar-refractivity contribution in [1.82, 2.24) is 10.6 Å². The average molecular weight is 268 g/mol. The number of carbonyl (C=O) groups excluding carboxylic acids is 1. The highest BCUT2D eigenvalue weighted by Gasteiger charge is 2.46. The van der Waals surface area contributed by atoms with Gasteiger partial charge in [0.25, 0.3) is 0 Å². The number of hydrogen-bond donors (Lipinski definition) is 3. The van der Waals surface area contributed by atoms with Gasteiger partial charge in [0.2, 0.25) is 0 Å². The lowest BCUT2D eigenvalue weighted by Crippen LogP contribution is -2.53. The number of carbonyl (C=O) groups is 2. The molecule has 0 aromatic heterocycles. The molecule has 0 aromatic rings. The van der Waals surface area contributed by atoms with Gasteiger partial charge in [0.1, 0.15) is 0 Å². The lowest BCUT2D eigenvalue weighted by Gasteiger charge is -2.33. The maximum atomic E-state index is 11.9. The predicted molar refractivity (Wildman–Crippen MR) is 71.9 cm³/mol. The molecule has 108 valence electrons. The zero-order valence-corrected chi connectivity index (χ0v) is 11.7. The van der Waals surface area contributed by atoms with Crippen LogP contribution >= 0.6 is 0 Å². The highest BCUT2D eigenvalue weighted by atomic mass is 16.4. The molecule has 0 aliphatic heterocycles. The molecule has 0 aromatic carbocycles. The molecule has 0 spiro atoms. The van der Waals surface area contributed by atoms with Crippen LogP contribution in [0.1, 0.15) is 52.4 Å². The average Bonchev–Trinajstić information content (AvgIpc) is 2.58. The van der Waals surface area contributed by atoms with Crippen LogP contribution in [0.2, 0.25) is 0 Å². The van der Waals surface area contributed by atoms with Gasteiger partial charge in [0, 0.05) is 12.1 Å². The SMILES string of the molecule is CC(NC(=O)NC1CCCC1(C)C(=O)O)C1CCC1. The summed E-state index contributed by atoms with van der Waals surface area (Å²) in [5.41, 5.74) is -0.822. The summed E-state index contributed by atoms with van der Waals surface area (Å²) in [7, 11) is 0. The van der Waals surface area contributed by atoms with E-state index in [1.807, 2.05) is 6.92 Å². The molecule has 3 N–H and O–H groups in total. The van der Waals surface area contributed by atoms with Crippen LogP contribution in [0.5, 0.6) is 0 Å². The van der Waals surface area contributed by atoms with Crippen LogP contribution in [0.15, 0.2) is 0 Å². The number of carboxylic acids is 1. The molecule has 19 heavy (non-hydrogen) atoms. The number of carboxylic acid groups (broad SMARTS) is 1. The minimum atomic E-state index is -0.822. The van der Waals surface area contributed by atoms with Gasteiger partial charge in [0.15, 0.2) is 0 Å². The van der Waals surface area contributed by atoms with E-state index in [9.17, 15) is 14.7 Å². The van der Waals surface area contributed by atoms with E-state index in [4.69, 9.17) is 0 Å². The van der Waals surface area contributed by atoms with E-state index in [0.717, 1.165) is 12.8 Å². The second kappa shape index (κ2) is 5.39. The van der Waals surface area contributed by atoms with Crippen molar-refractivity contribution in [3.63, 3.8) is 0 Å². The molecule has 5 heteroatoms. The molecular formula is C14H24N2O3. The summed E-state index contributed by atoms with van der Waals surface area (Å²) < 4.78 is 0. The van der Waals surface area contributed by atoms with Gasteiger partial charge in [0.05, 0.1) is 5.41 Å². The Morgan fingerprint density at radius 1 is 1.26 bits per heavy atom. The third-order valence-electron chi connectivity index (χ3n) is 4.97. The van der Waals surface area contributed by atoms with Crippen molar-refractivity contribution in [2.75, 3.05) is 0 Å². The summed E-state index contributed by atoms with van der Waals surface area (Å²) in [6.07, 6.45) is 5.83. The molecule has 2 aliphatic rings. The molecule has 0 bridgehead atoms. The van der Waals surface area contributed by atoms with Gasteiger partial charge in [-0.3, -0.25) is 4.79 Å². The van der Waals surface area contributed by atoms with Gasteiger partial charge in [-0.25, -0.2) is 4.79 Å². The first-order valence-electron chi connectivity index (χ1n) is 7.24. The standard InChI is InChI=1S/C14H24N2O3/c1-9(10-5-3-6-10)15-13(19)16-11-7-4-8-14(11,2)12(17)18/h9-11H,3-8H2,1-2H3,(H,17,18)(H2,15,16,19). The molecule has 3 atom stereocenters. The normalized spacial score (nSPS) is 32.4. The highest BCUT2D eigenvalue weighted by Crippen LogP contribution is 2.38. The number of amides is 2. The number of urea groups is 1. The van der Waals surface area contributed by atoms with Gasteiger partial charge < -0.3 is 15.7 Å². The summed E-state index contributed by atoms with van der Waals surface area (Å²) in [5, 5.41) is 15.1. The van der Waals surface area contributed by atoms with E-state index in [-0.39, 0.29) is 18.1 Å². The summed E-state index contributed by atoms with van der Waals surface area (Å²) in [6.45, 7) is 3.75. The first-order valence-corrected chi connectivity index (χ1v) is 7.24. The van der Waals surface area contributed by atoms with E-state index in [2.05, 4.69) is 10.6 Å². The van der Waals surface area contributed by atoms with E-state index < -0.39 is 11.4 Å². The first kappa shape index (κ1) is 14.2. The minimum absolute atomic E-state index is 0.172. The van der Waals surface area contributed by atoms with Crippen molar-refractivity contribution in [2.45, 2.75) is 64.5 Å². The summed E-state index contributed by atoms with van der Waals surface area (Å²) >= 11 is 0. The summed E-state index contributed by atoms with van der Waals surface area (Å²) in [4.78, 5) is 23.3. The Balaban J connectivity index is 1.86. The van der Waals surface area contributed by atoms with Crippen LogP contribution < -0.4 is 10.6 Å². The molecule has 5 nitrogen and oxygen atoms in total. The molecular weight excluding hydrogens is 244 g/mol.